The highest BCUT2D eigenvalue weighted by Gasteiger charge is 2.21. The molecule has 2 amide bonds. The van der Waals surface area contributed by atoms with E-state index in [1.54, 1.807) is 42.5 Å². The van der Waals surface area contributed by atoms with Gasteiger partial charge in [-0.3, -0.25) is 14.4 Å². The van der Waals surface area contributed by atoms with Crippen LogP contribution in [0.25, 0.3) is 0 Å². The van der Waals surface area contributed by atoms with Crippen LogP contribution < -0.4 is 5.32 Å². The van der Waals surface area contributed by atoms with Crippen molar-refractivity contribution in [2.75, 3.05) is 11.9 Å². The summed E-state index contributed by atoms with van der Waals surface area (Å²) in [6.07, 6.45) is 1.19. The molecule has 1 atom stereocenters. The van der Waals surface area contributed by atoms with Gasteiger partial charge < -0.3 is 15.3 Å². The topological polar surface area (TPSA) is 86.7 Å². The first-order chi connectivity index (χ1) is 12.9. The zero-order chi connectivity index (χ0) is 19.4. The number of nitrogens with one attached hydrogen (secondary N) is 1. The summed E-state index contributed by atoms with van der Waals surface area (Å²) in [5.74, 6) is -1.72. The van der Waals surface area contributed by atoms with Gasteiger partial charge in [0.05, 0.1) is 5.92 Å². The molecule has 0 saturated carbocycles. The number of anilines is 1. The van der Waals surface area contributed by atoms with E-state index in [-0.39, 0.29) is 24.7 Å². The van der Waals surface area contributed by atoms with Crippen molar-refractivity contribution in [1.29, 1.82) is 0 Å². The highest BCUT2D eigenvalue weighted by Crippen LogP contribution is 2.24. The molecule has 3 rings (SSSR count). The van der Waals surface area contributed by atoms with Crippen LogP contribution in [0, 0.1) is 0 Å². The Kier molecular flexibility index (Phi) is 5.91. The lowest BCUT2D eigenvalue weighted by molar-refractivity contribution is -0.138. The van der Waals surface area contributed by atoms with E-state index in [4.69, 9.17) is 5.11 Å². The van der Waals surface area contributed by atoms with Crippen molar-refractivity contribution >= 4 is 34.8 Å². The number of carboxylic acids is 1. The van der Waals surface area contributed by atoms with E-state index in [1.165, 1.54) is 10.4 Å². The summed E-state index contributed by atoms with van der Waals surface area (Å²) >= 11 is 1.73. The van der Waals surface area contributed by atoms with Crippen LogP contribution in [0.15, 0.2) is 35.7 Å². The predicted molar refractivity (Wildman–Crippen MR) is 104 cm³/mol. The summed E-state index contributed by atoms with van der Waals surface area (Å²) in [6.45, 7) is 2.95. The number of carboxylic acid groups (broad SMARTS) is 1. The van der Waals surface area contributed by atoms with Crippen molar-refractivity contribution in [3.63, 3.8) is 0 Å². The van der Waals surface area contributed by atoms with E-state index < -0.39 is 11.9 Å². The minimum absolute atomic E-state index is 0.00682. The monoisotopic (exact) mass is 386 g/mol. The molecule has 1 unspecified atom stereocenters. The molecular weight excluding hydrogens is 364 g/mol. The molecule has 1 aliphatic heterocycles. The molecule has 0 saturated heterocycles. The highest BCUT2D eigenvalue weighted by molar-refractivity contribution is 7.10. The number of carbonyl (C=O) groups excluding carboxylic acids is 2. The molecule has 2 heterocycles. The molecule has 142 valence electrons. The number of nitrogens with zero attached hydrogens (tertiary/aromatic N) is 1. The second kappa shape index (κ2) is 8.35. The van der Waals surface area contributed by atoms with Gasteiger partial charge in [0.1, 0.15) is 0 Å². The van der Waals surface area contributed by atoms with Gasteiger partial charge in [-0.25, -0.2) is 0 Å². The Hall–Kier alpha value is -2.67. The third-order valence-corrected chi connectivity index (χ3v) is 5.81. The maximum atomic E-state index is 12.4. The molecule has 2 aromatic rings. The zero-order valence-electron chi connectivity index (χ0n) is 15.1. The van der Waals surface area contributed by atoms with Gasteiger partial charge in [0.15, 0.2) is 0 Å². The van der Waals surface area contributed by atoms with Crippen LogP contribution in [0.3, 0.4) is 0 Å². The van der Waals surface area contributed by atoms with Gasteiger partial charge in [0.2, 0.25) is 11.8 Å². The summed E-state index contributed by atoms with van der Waals surface area (Å²) in [5, 5.41) is 13.8. The quantitative estimate of drug-likeness (QED) is 0.798. The molecule has 0 spiro atoms. The fourth-order valence-corrected chi connectivity index (χ4v) is 3.95. The highest BCUT2D eigenvalue weighted by atomic mass is 32.1. The second-order valence-electron chi connectivity index (χ2n) is 6.66. The molecule has 6 nitrogen and oxygen atoms in total. The first-order valence-corrected chi connectivity index (χ1v) is 9.77. The van der Waals surface area contributed by atoms with Crippen LogP contribution in [0.2, 0.25) is 0 Å². The minimum Gasteiger partial charge on any atom is -0.481 e. The maximum absolute atomic E-state index is 12.4. The third-order valence-electron chi connectivity index (χ3n) is 4.79. The number of fused-ring (bicyclic) bond motifs is 1. The van der Waals surface area contributed by atoms with Crippen molar-refractivity contribution in [2.45, 2.75) is 38.6 Å². The normalized spacial score (nSPS) is 14.3. The first-order valence-electron chi connectivity index (χ1n) is 8.89. The summed E-state index contributed by atoms with van der Waals surface area (Å²) in [6, 6.07) is 8.78. The number of amides is 2. The average Bonchev–Trinajstić information content (AvgIpc) is 3.13. The Morgan fingerprint density at radius 2 is 1.93 bits per heavy atom. The van der Waals surface area contributed by atoms with Crippen molar-refractivity contribution in [1.82, 2.24) is 4.90 Å². The van der Waals surface area contributed by atoms with Crippen molar-refractivity contribution in [2.24, 2.45) is 0 Å². The Balaban J connectivity index is 1.47. The van der Waals surface area contributed by atoms with E-state index in [0.717, 1.165) is 6.42 Å². The fraction of sp³-hybridized carbons (Fsp3) is 0.350. The van der Waals surface area contributed by atoms with Crippen LogP contribution in [0.5, 0.6) is 0 Å². The smallest absolute Gasteiger partial charge is 0.310 e. The van der Waals surface area contributed by atoms with Crippen LogP contribution in [-0.2, 0) is 27.3 Å². The van der Waals surface area contributed by atoms with Crippen molar-refractivity contribution in [3.05, 3.63) is 51.7 Å². The van der Waals surface area contributed by atoms with Crippen LogP contribution in [-0.4, -0.2) is 34.3 Å². The van der Waals surface area contributed by atoms with Gasteiger partial charge >= 0.3 is 5.97 Å². The first kappa shape index (κ1) is 19.1. The van der Waals surface area contributed by atoms with Crippen LogP contribution in [0.1, 0.15) is 41.7 Å². The second-order valence-corrected chi connectivity index (χ2v) is 7.67. The predicted octanol–water partition coefficient (Wildman–Crippen LogP) is 3.24. The maximum Gasteiger partial charge on any atom is 0.310 e. The number of benzene rings is 1. The Morgan fingerprint density at radius 1 is 1.19 bits per heavy atom. The number of aliphatic carboxylic acids is 1. The van der Waals surface area contributed by atoms with Crippen molar-refractivity contribution < 1.29 is 19.5 Å². The fourth-order valence-electron chi connectivity index (χ4n) is 3.06. The number of thiophene rings is 1. The molecule has 0 radical (unpaired) electrons. The summed E-state index contributed by atoms with van der Waals surface area (Å²) in [5.41, 5.74) is 2.47. The number of rotatable bonds is 6. The van der Waals surface area contributed by atoms with Crippen LogP contribution in [0.4, 0.5) is 5.69 Å². The Morgan fingerprint density at radius 3 is 2.63 bits per heavy atom. The molecule has 0 bridgehead atoms. The molecule has 7 heteroatoms. The molecule has 1 aliphatic rings. The van der Waals surface area contributed by atoms with Gasteiger partial charge in [-0.05, 0) is 48.1 Å². The molecule has 0 fully saturated rings. The lowest BCUT2D eigenvalue weighted by Crippen LogP contribution is -2.35. The van der Waals surface area contributed by atoms with Crippen LogP contribution >= 0.6 is 11.3 Å². The molecule has 2 N–H and O–H groups in total. The molecular formula is C20H22N2O4S. The van der Waals surface area contributed by atoms with E-state index in [0.29, 0.717) is 24.3 Å². The number of carbonyl (C=O) groups is 3. The number of hydrogen-bond acceptors (Lipinski definition) is 4. The molecule has 1 aromatic carbocycles. The average molecular weight is 386 g/mol. The van der Waals surface area contributed by atoms with Crippen molar-refractivity contribution in [3.8, 4) is 0 Å². The van der Waals surface area contributed by atoms with E-state index >= 15 is 0 Å². The van der Waals surface area contributed by atoms with Gasteiger partial charge in [0, 0.05) is 36.5 Å². The van der Waals surface area contributed by atoms with E-state index in [9.17, 15) is 14.4 Å². The standard InChI is InChI=1S/C20H22N2O4S/c1-13(20(25)26)14-2-4-16(5-3-14)21-18(23)6-7-19(24)22-10-8-17-15(12-22)9-11-27-17/h2-5,9,11,13H,6-8,10,12H2,1H3,(H,21,23)(H,25,26). The van der Waals surface area contributed by atoms with Gasteiger partial charge in [-0.15, -0.1) is 11.3 Å². The van der Waals surface area contributed by atoms with E-state index in [1.807, 2.05) is 4.90 Å². The lowest BCUT2D eigenvalue weighted by Gasteiger charge is -2.27. The minimum atomic E-state index is -0.891. The Labute approximate surface area is 161 Å². The Bertz CT molecular complexity index is 844. The SMILES string of the molecule is CC(C(=O)O)c1ccc(NC(=O)CCC(=O)N2CCc3sccc3C2)cc1. The van der Waals surface area contributed by atoms with E-state index in [2.05, 4.69) is 16.8 Å². The molecule has 27 heavy (non-hydrogen) atoms. The summed E-state index contributed by atoms with van der Waals surface area (Å²) < 4.78 is 0. The molecule has 0 aliphatic carbocycles. The third kappa shape index (κ3) is 4.74. The lowest BCUT2D eigenvalue weighted by atomic mass is 10.0. The summed E-state index contributed by atoms with van der Waals surface area (Å²) in [7, 11) is 0. The largest absolute Gasteiger partial charge is 0.481 e. The number of hydrogen-bond donors (Lipinski definition) is 2. The van der Waals surface area contributed by atoms with Gasteiger partial charge in [0.25, 0.3) is 0 Å². The van der Waals surface area contributed by atoms with Gasteiger partial charge in [-0.1, -0.05) is 12.1 Å². The molecule has 1 aromatic heterocycles. The summed E-state index contributed by atoms with van der Waals surface area (Å²) in [4.78, 5) is 38.6. The zero-order valence-corrected chi connectivity index (χ0v) is 15.9. The van der Waals surface area contributed by atoms with Gasteiger partial charge in [-0.2, -0.15) is 0 Å².